The highest BCUT2D eigenvalue weighted by molar-refractivity contribution is 7.99. The fourth-order valence-electron chi connectivity index (χ4n) is 17.6. The Morgan fingerprint density at radius 2 is 1.00 bits per heavy atom. The molecule has 0 spiro atoms. The number of hydrogen-bond donors (Lipinski definition) is 4. The molecule has 132 heavy (non-hydrogen) atoms. The number of rotatable bonds is 14. The Labute approximate surface area is 809 Å². The van der Waals surface area contributed by atoms with Crippen molar-refractivity contribution in [2.45, 2.75) is 175 Å². The van der Waals surface area contributed by atoms with Gasteiger partial charge in [0.25, 0.3) is 0 Å². The third kappa shape index (κ3) is 20.9. The zero-order valence-electron chi connectivity index (χ0n) is 76.2. The number of nitrogens with one attached hydrogen (secondary N) is 1. The van der Waals surface area contributed by atoms with Gasteiger partial charge in [0.2, 0.25) is 0 Å². The van der Waals surface area contributed by atoms with Crippen molar-refractivity contribution in [1.29, 1.82) is 0 Å². The molecule has 2 aliphatic rings. The van der Waals surface area contributed by atoms with Crippen LogP contribution in [0.4, 0.5) is 0 Å². The van der Waals surface area contributed by atoms with Crippen LogP contribution in [0.3, 0.4) is 0 Å². The number of phenols is 1. The number of ether oxygens (including phenoxy) is 4. The number of aromatic hydroxyl groups is 1. The molecule has 6 aromatic carbocycles. The molecule has 16 bridgehead atoms. The highest BCUT2D eigenvalue weighted by Gasteiger charge is 2.33. The van der Waals surface area contributed by atoms with E-state index in [0.717, 1.165) is 211 Å². The number of halogens is 3. The van der Waals surface area contributed by atoms with Crippen LogP contribution in [-0.2, 0) is 116 Å². The number of carboxylic acids is 1. The maximum atomic E-state index is 13.2. The number of benzene rings is 6. The van der Waals surface area contributed by atoms with Crippen molar-refractivity contribution in [3.8, 4) is 50.6 Å². The molecule has 34 heteroatoms. The number of fused-ring (bicyclic) bond motifs is 13. The zero-order chi connectivity index (χ0) is 93.1. The molecule has 15 aromatic rings. The lowest BCUT2D eigenvalue weighted by Gasteiger charge is -2.13. The van der Waals surface area contributed by atoms with Gasteiger partial charge in [0.15, 0.2) is 0 Å². The van der Waals surface area contributed by atoms with Crippen LogP contribution < -0.4 is 9.47 Å². The second-order valence-corrected chi connectivity index (χ2v) is 40.2. The summed E-state index contributed by atoms with van der Waals surface area (Å²) in [6.07, 6.45) is 1.85. The molecule has 2 aliphatic heterocycles. The van der Waals surface area contributed by atoms with Crippen molar-refractivity contribution in [1.82, 2.24) is 72.8 Å². The van der Waals surface area contributed by atoms with Gasteiger partial charge in [-0.2, -0.15) is 30.6 Å². The van der Waals surface area contributed by atoms with Crippen molar-refractivity contribution < 1.29 is 48.7 Å². The van der Waals surface area contributed by atoms with Gasteiger partial charge in [0.1, 0.15) is 34.3 Å². The van der Waals surface area contributed by atoms with Gasteiger partial charge in [0, 0.05) is 243 Å². The second-order valence-electron chi connectivity index (χ2n) is 32.9. The van der Waals surface area contributed by atoms with Crippen LogP contribution in [0.15, 0.2) is 124 Å². The van der Waals surface area contributed by atoms with Crippen LogP contribution in [0.25, 0.3) is 66.1 Å². The molecule has 0 aliphatic carbocycles. The smallest absolute Gasteiger partial charge is 0.354 e. The number of hydrogen-bond acceptors (Lipinski definition) is 21. The molecule has 0 saturated carbocycles. The Balaban J connectivity index is 0.000000159. The Hall–Kier alpha value is -10.1. The SMILES string of the molecule is C.COC(=O)c1c(C)c2c(-c3c(CSCc4cc(CSc5cc(C)cc(O)c5)n(C)n4)n[nH]c3C)c(Cl)ccc2n1CCCO.COC(=O)c1c(C)c2c3c(Cl)ccc2n1CCCOc1cc(C)cc(c1)SCc1cc(nn1C)CSCc1nn(C)c(C)c1-3.Cc1cc2cc(c1)SCc1cc(nn1C)CSCc1nn(C)c(C)c1-c1c(Cl)ccc3c1c(C)c(C(=O)O)n3CCCO2. The molecular formula is C98H110Cl3N15O10S6. The number of carbonyl (C=O) groups is 3. The van der Waals surface area contributed by atoms with Crippen LogP contribution in [0.5, 0.6) is 17.2 Å². The number of aromatic amines is 1. The van der Waals surface area contributed by atoms with E-state index < -0.39 is 11.9 Å². The number of aromatic carboxylic acids is 1. The normalized spacial score (nSPS) is 13.3. The van der Waals surface area contributed by atoms with E-state index >= 15 is 0 Å². The molecule has 9 aromatic heterocycles. The minimum absolute atomic E-state index is 0. The van der Waals surface area contributed by atoms with E-state index in [1.807, 2.05) is 152 Å². The fourth-order valence-corrected chi connectivity index (χ4v) is 24.0. The number of nitrogens with zero attached hydrogens (tertiary/aromatic N) is 14. The minimum Gasteiger partial charge on any atom is -0.508 e. The van der Waals surface area contributed by atoms with Gasteiger partial charge < -0.3 is 48.0 Å². The quantitative estimate of drug-likeness (QED) is 0.0581. The first-order valence-electron chi connectivity index (χ1n) is 42.9. The summed E-state index contributed by atoms with van der Waals surface area (Å²) in [6, 6.07) is 36.2. The first-order valence-corrected chi connectivity index (χ1v) is 50.5. The van der Waals surface area contributed by atoms with Crippen LogP contribution >= 0.6 is 105 Å². The number of methoxy groups -OCH3 is 2. The van der Waals surface area contributed by atoms with Crippen LogP contribution in [-0.4, -0.2) is 140 Å². The summed E-state index contributed by atoms with van der Waals surface area (Å²) in [5.41, 5.74) is 27.1. The average Bonchev–Trinajstić information content (AvgIpc) is 1.59. The Kier molecular flexibility index (Phi) is 31.7. The molecule has 17 rings (SSSR count). The fraction of sp³-hybridized carbons (Fsp3) is 0.357. The monoisotopic (exact) mass is 1950 g/mol. The van der Waals surface area contributed by atoms with E-state index in [1.165, 1.54) is 19.9 Å². The summed E-state index contributed by atoms with van der Waals surface area (Å²) in [7, 11) is 12.6. The van der Waals surface area contributed by atoms with Crippen molar-refractivity contribution in [3.63, 3.8) is 0 Å². The molecule has 0 unspecified atom stereocenters. The number of aliphatic hydroxyl groups excluding tert-OH is 1. The van der Waals surface area contributed by atoms with Crippen molar-refractivity contribution in [2.75, 3.05) is 34.0 Å². The van der Waals surface area contributed by atoms with Gasteiger partial charge in [-0.05, 0) is 224 Å². The number of thioether (sulfide) groups is 6. The number of aliphatic hydroxyl groups is 1. The minimum atomic E-state index is -0.958. The lowest BCUT2D eigenvalue weighted by atomic mass is 9.97. The molecule has 4 N–H and O–H groups in total. The van der Waals surface area contributed by atoms with Crippen LogP contribution in [0, 0.1) is 62.3 Å². The Bertz CT molecular complexity index is 6850. The molecule has 0 atom stereocenters. The predicted octanol–water partition coefficient (Wildman–Crippen LogP) is 22.8. The van der Waals surface area contributed by atoms with Crippen molar-refractivity contribution in [3.05, 3.63) is 243 Å². The molecule has 0 amide bonds. The van der Waals surface area contributed by atoms with Crippen molar-refractivity contribution in [2.24, 2.45) is 35.2 Å². The topological polar surface area (TPSA) is 281 Å². The summed E-state index contributed by atoms with van der Waals surface area (Å²) in [5.74, 6) is 6.73. The van der Waals surface area contributed by atoms with Gasteiger partial charge in [-0.3, -0.25) is 28.5 Å². The summed E-state index contributed by atoms with van der Waals surface area (Å²) in [6.45, 7) is 20.5. The maximum Gasteiger partial charge on any atom is 0.354 e. The molecule has 694 valence electrons. The van der Waals surface area contributed by atoms with Crippen LogP contribution in [0.2, 0.25) is 15.1 Å². The highest BCUT2D eigenvalue weighted by Crippen LogP contribution is 2.48. The van der Waals surface area contributed by atoms with E-state index in [4.69, 9.17) is 79.2 Å². The zero-order valence-corrected chi connectivity index (χ0v) is 83.3. The van der Waals surface area contributed by atoms with Gasteiger partial charge in [-0.15, -0.1) is 70.6 Å². The Morgan fingerprint density at radius 1 is 0.515 bits per heavy atom. The Morgan fingerprint density at radius 3 is 1.52 bits per heavy atom. The number of carboxylic acid groups (broad SMARTS) is 1. The number of esters is 2. The molecular weight excluding hydrogens is 1850 g/mol. The second kappa shape index (κ2) is 42.7. The number of aryl methyl sites for hydroxylation is 15. The van der Waals surface area contributed by atoms with Crippen molar-refractivity contribution >= 4 is 156 Å². The number of aromatic nitrogens is 15. The first kappa shape index (κ1) is 98.0. The van der Waals surface area contributed by atoms with Gasteiger partial charge in [-0.1, -0.05) is 42.2 Å². The summed E-state index contributed by atoms with van der Waals surface area (Å²) >= 11 is 31.3. The largest absolute Gasteiger partial charge is 0.508 e. The lowest BCUT2D eigenvalue weighted by molar-refractivity contribution is 0.0578. The number of carbonyl (C=O) groups excluding carboxylic acids is 2. The van der Waals surface area contributed by atoms with Gasteiger partial charge in [-0.25, -0.2) is 14.4 Å². The molecule has 0 radical (unpaired) electrons. The van der Waals surface area contributed by atoms with Gasteiger partial charge in [0.05, 0.1) is 61.6 Å². The average molecular weight is 1960 g/mol. The maximum absolute atomic E-state index is 13.2. The van der Waals surface area contributed by atoms with Gasteiger partial charge >= 0.3 is 17.9 Å². The van der Waals surface area contributed by atoms with E-state index in [9.17, 15) is 29.7 Å². The third-order valence-electron chi connectivity index (χ3n) is 23.7. The predicted molar refractivity (Wildman–Crippen MR) is 538 cm³/mol. The number of H-pyrrole nitrogens is 1. The molecule has 0 fully saturated rings. The van der Waals surface area contributed by atoms with E-state index in [0.29, 0.717) is 107 Å². The summed E-state index contributed by atoms with van der Waals surface area (Å²) in [5, 5.41) is 66.1. The molecule has 11 heterocycles. The summed E-state index contributed by atoms with van der Waals surface area (Å²) < 4.78 is 38.4. The van der Waals surface area contributed by atoms with Crippen LogP contribution in [0.1, 0.15) is 160 Å². The first-order chi connectivity index (χ1) is 62.9. The summed E-state index contributed by atoms with van der Waals surface area (Å²) in [4.78, 5) is 42.0. The van der Waals surface area contributed by atoms with E-state index in [1.54, 1.807) is 82.7 Å². The molecule has 25 nitrogen and oxygen atoms in total. The molecule has 0 saturated heterocycles. The third-order valence-corrected chi connectivity index (χ3v) is 30.6. The van der Waals surface area contributed by atoms with E-state index in [-0.39, 0.29) is 31.4 Å². The standard InChI is InChI=1S/C33H36ClN5O3S2.C32H36ClN5O4S2.C32H34ClN5O3S2.CH4/c1-19-12-24-15-25(13-19)44-17-23-14-22(35-38(23)5)16-43-18-27-30(21(3)37(4)36-27)31-26(34)8-9-28-29(31)20(2)32(33(40)41-6)39(28)10-7-11-42-24;1-18-11-23(40)14-24(12-18)44-16-22-13-21(36-37(22)4)15-43-17-26-29(20(3)34-35-26)30-25(33)7-8-27-28(30)19(2)31(32(41)42-5)38(27)9-6-10-39;1-18-11-23-14-24(12-18)43-16-22-13-21(34-37(22)5)15-42-17-26-29(20(3)36(4)35-26)30-25(33)7-8-27-28(30)19(2)31(32(39)40)38(27)9-6-10-41-23;/h8-9,12-15H,7,10-11,16-18H2,1-6H3;7-8,11-14,39-40H,6,9-10,15-17H2,1-5H3,(H,34,35);7-8,11-14H,6,9-10,15-17H2,1-5H3,(H,39,40);1H4. The van der Waals surface area contributed by atoms with E-state index in [2.05, 4.69) is 90.1 Å². The lowest BCUT2D eigenvalue weighted by Crippen LogP contribution is -2.13. The number of phenolic OH excluding ortho intramolecular Hbond substituents is 1. The highest BCUT2D eigenvalue weighted by atomic mass is 35.5.